The first-order chi connectivity index (χ1) is 10.1. The van der Waals surface area contributed by atoms with Crippen molar-refractivity contribution in [2.45, 2.75) is 51.8 Å². The third kappa shape index (κ3) is 3.11. The van der Waals surface area contributed by atoms with Crippen molar-refractivity contribution in [1.82, 2.24) is 20.8 Å². The van der Waals surface area contributed by atoms with Crippen LogP contribution in [0, 0.1) is 5.92 Å². The van der Waals surface area contributed by atoms with Gasteiger partial charge in [-0.2, -0.15) is 5.10 Å². The molecule has 1 amide bonds. The SMILES string of the molecule is CC(C)C1CC(NC(=O)c2n[nH]c3c2CNCC3)CCO1. The number of hydrogen-bond donors (Lipinski definition) is 3. The van der Waals surface area contributed by atoms with E-state index in [0.29, 0.717) is 18.2 Å². The van der Waals surface area contributed by atoms with E-state index in [4.69, 9.17) is 4.74 Å². The number of nitrogens with one attached hydrogen (secondary N) is 3. The Kier molecular flexibility index (Phi) is 4.26. The molecule has 21 heavy (non-hydrogen) atoms. The minimum Gasteiger partial charge on any atom is -0.378 e. The number of fused-ring (bicyclic) bond motifs is 1. The molecular formula is C15H24N4O2. The van der Waals surface area contributed by atoms with Crippen LogP contribution >= 0.6 is 0 Å². The van der Waals surface area contributed by atoms with Crippen molar-refractivity contribution < 1.29 is 9.53 Å². The molecule has 0 radical (unpaired) electrons. The zero-order valence-corrected chi connectivity index (χ0v) is 12.7. The van der Waals surface area contributed by atoms with E-state index in [1.54, 1.807) is 0 Å². The molecule has 3 N–H and O–H groups in total. The quantitative estimate of drug-likeness (QED) is 0.776. The number of aromatic amines is 1. The first-order valence-electron chi connectivity index (χ1n) is 7.84. The summed E-state index contributed by atoms with van der Waals surface area (Å²) < 4.78 is 5.75. The Labute approximate surface area is 125 Å². The zero-order chi connectivity index (χ0) is 14.8. The van der Waals surface area contributed by atoms with E-state index in [1.165, 1.54) is 0 Å². The molecule has 6 heteroatoms. The Balaban J connectivity index is 1.65. The second-order valence-electron chi connectivity index (χ2n) is 6.30. The van der Waals surface area contributed by atoms with E-state index in [2.05, 4.69) is 34.7 Å². The summed E-state index contributed by atoms with van der Waals surface area (Å²) in [6, 6.07) is 0.183. The van der Waals surface area contributed by atoms with Crippen molar-refractivity contribution in [1.29, 1.82) is 0 Å². The van der Waals surface area contributed by atoms with Crippen molar-refractivity contribution in [3.8, 4) is 0 Å². The highest BCUT2D eigenvalue weighted by Gasteiger charge is 2.28. The van der Waals surface area contributed by atoms with Crippen molar-refractivity contribution in [2.75, 3.05) is 13.2 Å². The van der Waals surface area contributed by atoms with Gasteiger partial charge in [-0.05, 0) is 18.8 Å². The van der Waals surface area contributed by atoms with Gasteiger partial charge in [0.1, 0.15) is 0 Å². The molecule has 116 valence electrons. The van der Waals surface area contributed by atoms with Crippen molar-refractivity contribution in [3.63, 3.8) is 0 Å². The zero-order valence-electron chi connectivity index (χ0n) is 12.7. The summed E-state index contributed by atoms with van der Waals surface area (Å²) in [5, 5.41) is 13.6. The minimum absolute atomic E-state index is 0.0643. The number of H-pyrrole nitrogens is 1. The summed E-state index contributed by atoms with van der Waals surface area (Å²) in [4.78, 5) is 12.5. The van der Waals surface area contributed by atoms with Gasteiger partial charge in [-0.25, -0.2) is 0 Å². The van der Waals surface area contributed by atoms with E-state index < -0.39 is 0 Å². The molecule has 6 nitrogen and oxygen atoms in total. The topological polar surface area (TPSA) is 79.0 Å². The molecule has 2 atom stereocenters. The number of carbonyl (C=O) groups is 1. The number of ether oxygens (including phenoxy) is 1. The maximum Gasteiger partial charge on any atom is 0.272 e. The first-order valence-corrected chi connectivity index (χ1v) is 7.84. The first kappa shape index (κ1) is 14.5. The number of nitrogens with zero attached hydrogens (tertiary/aromatic N) is 1. The Morgan fingerprint density at radius 2 is 2.33 bits per heavy atom. The molecule has 2 aliphatic rings. The van der Waals surface area contributed by atoms with Crippen LogP contribution in [0.15, 0.2) is 0 Å². The van der Waals surface area contributed by atoms with Gasteiger partial charge in [-0.3, -0.25) is 9.89 Å². The Morgan fingerprint density at radius 3 is 3.14 bits per heavy atom. The van der Waals surface area contributed by atoms with Gasteiger partial charge in [0.15, 0.2) is 5.69 Å². The molecule has 0 spiro atoms. The van der Waals surface area contributed by atoms with E-state index in [1.807, 2.05) is 0 Å². The average Bonchev–Trinajstić information content (AvgIpc) is 2.91. The lowest BCUT2D eigenvalue weighted by Gasteiger charge is -2.32. The molecule has 2 unspecified atom stereocenters. The summed E-state index contributed by atoms with van der Waals surface area (Å²) >= 11 is 0. The summed E-state index contributed by atoms with van der Waals surface area (Å²) in [6.07, 6.45) is 2.90. The Morgan fingerprint density at radius 1 is 1.48 bits per heavy atom. The molecule has 1 aromatic heterocycles. The molecule has 1 fully saturated rings. The Bertz CT molecular complexity index is 512. The third-order valence-electron chi connectivity index (χ3n) is 4.42. The lowest BCUT2D eigenvalue weighted by atomic mass is 9.95. The second-order valence-corrected chi connectivity index (χ2v) is 6.30. The van der Waals surface area contributed by atoms with Gasteiger partial charge in [0.05, 0.1) is 6.10 Å². The molecule has 0 aliphatic carbocycles. The molecule has 3 heterocycles. The fourth-order valence-corrected chi connectivity index (χ4v) is 3.09. The maximum absolute atomic E-state index is 12.5. The van der Waals surface area contributed by atoms with Gasteiger partial charge in [-0.1, -0.05) is 13.8 Å². The molecule has 3 rings (SSSR count). The van der Waals surface area contributed by atoms with Gasteiger partial charge >= 0.3 is 0 Å². The monoisotopic (exact) mass is 292 g/mol. The molecule has 0 aromatic carbocycles. The van der Waals surface area contributed by atoms with Crippen LogP contribution in [0.2, 0.25) is 0 Å². The van der Waals surface area contributed by atoms with Crippen LogP contribution in [-0.2, 0) is 17.7 Å². The third-order valence-corrected chi connectivity index (χ3v) is 4.42. The number of amides is 1. The van der Waals surface area contributed by atoms with E-state index >= 15 is 0 Å². The van der Waals surface area contributed by atoms with Crippen LogP contribution in [0.25, 0.3) is 0 Å². The van der Waals surface area contributed by atoms with Gasteiger partial charge in [0, 0.05) is 43.4 Å². The van der Waals surface area contributed by atoms with Crippen molar-refractivity contribution >= 4 is 5.91 Å². The molecular weight excluding hydrogens is 268 g/mol. The van der Waals surface area contributed by atoms with Crippen LogP contribution < -0.4 is 10.6 Å². The standard InChI is InChI=1S/C15H24N4O2/c1-9(2)13-7-10(4-6-21-13)17-15(20)14-11-8-16-5-3-12(11)18-19-14/h9-10,13,16H,3-8H2,1-2H3,(H,17,20)(H,18,19). The highest BCUT2D eigenvalue weighted by atomic mass is 16.5. The molecule has 2 aliphatic heterocycles. The van der Waals surface area contributed by atoms with Crippen LogP contribution in [0.4, 0.5) is 0 Å². The fraction of sp³-hybridized carbons (Fsp3) is 0.733. The molecule has 0 saturated carbocycles. The smallest absolute Gasteiger partial charge is 0.272 e. The summed E-state index contributed by atoms with van der Waals surface area (Å²) in [6.45, 7) is 6.69. The van der Waals surface area contributed by atoms with E-state index in [9.17, 15) is 4.79 Å². The molecule has 1 aromatic rings. The molecule has 1 saturated heterocycles. The van der Waals surface area contributed by atoms with Crippen LogP contribution in [-0.4, -0.2) is 41.4 Å². The van der Waals surface area contributed by atoms with Gasteiger partial charge in [0.25, 0.3) is 5.91 Å². The molecule has 0 bridgehead atoms. The maximum atomic E-state index is 12.5. The fourth-order valence-electron chi connectivity index (χ4n) is 3.09. The number of hydrogen-bond acceptors (Lipinski definition) is 4. The summed E-state index contributed by atoms with van der Waals surface area (Å²) in [5.74, 6) is 0.414. The predicted molar refractivity (Wildman–Crippen MR) is 79.1 cm³/mol. The summed E-state index contributed by atoms with van der Waals surface area (Å²) in [5.41, 5.74) is 2.65. The average molecular weight is 292 g/mol. The number of carbonyl (C=O) groups excluding carboxylic acids is 1. The van der Waals surface area contributed by atoms with Crippen molar-refractivity contribution in [3.05, 3.63) is 17.0 Å². The number of aromatic nitrogens is 2. The lowest BCUT2D eigenvalue weighted by molar-refractivity contribution is -0.0233. The predicted octanol–water partition coefficient (Wildman–Crippen LogP) is 0.989. The normalized spacial score (nSPS) is 25.7. The summed E-state index contributed by atoms with van der Waals surface area (Å²) in [7, 11) is 0. The van der Waals surface area contributed by atoms with Crippen LogP contribution in [0.1, 0.15) is 48.4 Å². The van der Waals surface area contributed by atoms with E-state index in [-0.39, 0.29) is 18.1 Å². The van der Waals surface area contributed by atoms with Gasteiger partial charge < -0.3 is 15.4 Å². The largest absolute Gasteiger partial charge is 0.378 e. The van der Waals surface area contributed by atoms with E-state index in [0.717, 1.165) is 43.6 Å². The number of rotatable bonds is 3. The van der Waals surface area contributed by atoms with Gasteiger partial charge in [-0.15, -0.1) is 0 Å². The lowest BCUT2D eigenvalue weighted by Crippen LogP contribution is -2.43. The minimum atomic E-state index is -0.0643. The Hall–Kier alpha value is -1.40. The van der Waals surface area contributed by atoms with Gasteiger partial charge in [0.2, 0.25) is 0 Å². The van der Waals surface area contributed by atoms with Crippen molar-refractivity contribution in [2.24, 2.45) is 5.92 Å². The van der Waals surface area contributed by atoms with Crippen LogP contribution in [0.3, 0.4) is 0 Å². The van der Waals surface area contributed by atoms with Crippen LogP contribution in [0.5, 0.6) is 0 Å². The highest BCUT2D eigenvalue weighted by Crippen LogP contribution is 2.21. The highest BCUT2D eigenvalue weighted by molar-refractivity contribution is 5.94. The second kappa shape index (κ2) is 6.15.